The van der Waals surface area contributed by atoms with Crippen molar-refractivity contribution in [2.45, 2.75) is 13.0 Å². The predicted octanol–water partition coefficient (Wildman–Crippen LogP) is 1.53. The molecule has 4 N–H and O–H groups in total. The third-order valence-electron chi connectivity index (χ3n) is 2.23. The van der Waals surface area contributed by atoms with Gasteiger partial charge in [-0.25, -0.2) is 4.79 Å². The van der Waals surface area contributed by atoms with E-state index in [-0.39, 0.29) is 23.5 Å². The van der Waals surface area contributed by atoms with E-state index in [1.54, 1.807) is 25.1 Å². The van der Waals surface area contributed by atoms with Crippen molar-refractivity contribution in [2.75, 3.05) is 5.32 Å². The molecule has 0 spiro atoms. The Morgan fingerprint density at radius 3 is 2.78 bits per heavy atom. The molecule has 0 aliphatic carbocycles. The Bertz CT molecular complexity index is 565. The topological polar surface area (TPSA) is 114 Å². The summed E-state index contributed by atoms with van der Waals surface area (Å²) in [5.74, 6) is -0.754. The summed E-state index contributed by atoms with van der Waals surface area (Å²) >= 11 is 0. The van der Waals surface area contributed by atoms with Crippen LogP contribution >= 0.6 is 0 Å². The summed E-state index contributed by atoms with van der Waals surface area (Å²) in [5.41, 5.74) is 6.08. The zero-order valence-electron chi connectivity index (χ0n) is 9.62. The van der Waals surface area contributed by atoms with Gasteiger partial charge in [0.2, 0.25) is 5.89 Å². The molecule has 1 atom stereocenters. The summed E-state index contributed by atoms with van der Waals surface area (Å²) in [6.07, 6.45) is 0. The molecule has 1 aromatic carbocycles. The second-order valence-corrected chi connectivity index (χ2v) is 3.71. The Labute approximate surface area is 103 Å². The van der Waals surface area contributed by atoms with Crippen molar-refractivity contribution in [1.82, 2.24) is 10.2 Å². The molecule has 1 aromatic heterocycles. The lowest BCUT2D eigenvalue weighted by atomic mass is 10.2. The fourth-order valence-corrected chi connectivity index (χ4v) is 1.36. The van der Waals surface area contributed by atoms with E-state index >= 15 is 0 Å². The first kappa shape index (κ1) is 12.1. The van der Waals surface area contributed by atoms with Gasteiger partial charge in [0.15, 0.2) is 0 Å². The molecule has 7 nitrogen and oxygen atoms in total. The minimum Gasteiger partial charge on any atom is -0.478 e. The van der Waals surface area contributed by atoms with Crippen molar-refractivity contribution in [3.05, 3.63) is 35.7 Å². The summed E-state index contributed by atoms with van der Waals surface area (Å²) < 4.78 is 5.23. The van der Waals surface area contributed by atoms with Gasteiger partial charge in [0.05, 0.1) is 17.3 Å². The number of rotatable bonds is 4. The van der Waals surface area contributed by atoms with E-state index in [9.17, 15) is 4.79 Å². The third kappa shape index (κ3) is 2.46. The maximum Gasteiger partial charge on any atom is 0.337 e. The molecule has 0 aliphatic rings. The number of carboxylic acids is 1. The van der Waals surface area contributed by atoms with E-state index in [2.05, 4.69) is 15.5 Å². The minimum absolute atomic E-state index is 0.107. The lowest BCUT2D eigenvalue weighted by Crippen LogP contribution is -2.04. The van der Waals surface area contributed by atoms with Gasteiger partial charge < -0.3 is 20.6 Å². The normalized spacial score (nSPS) is 12.1. The minimum atomic E-state index is -1.04. The molecule has 18 heavy (non-hydrogen) atoms. The van der Waals surface area contributed by atoms with Gasteiger partial charge >= 0.3 is 12.0 Å². The molecule has 0 fully saturated rings. The first-order valence-corrected chi connectivity index (χ1v) is 5.26. The van der Waals surface area contributed by atoms with Gasteiger partial charge in [-0.2, -0.15) is 0 Å². The van der Waals surface area contributed by atoms with Gasteiger partial charge in [-0.15, -0.1) is 5.10 Å². The molecule has 1 heterocycles. The number of carbonyl (C=O) groups is 1. The maximum atomic E-state index is 11.0. The molecule has 1 unspecified atom stereocenters. The fourth-order valence-electron chi connectivity index (χ4n) is 1.36. The Morgan fingerprint density at radius 2 is 2.17 bits per heavy atom. The number of benzene rings is 1. The number of hydrogen-bond donors (Lipinski definition) is 3. The SMILES string of the molecule is CC(N)c1nnc(Nc2ccccc2C(=O)O)o1. The fraction of sp³-hybridized carbons (Fsp3) is 0.182. The first-order valence-electron chi connectivity index (χ1n) is 5.26. The molecule has 0 radical (unpaired) electrons. The Balaban J connectivity index is 2.25. The number of para-hydroxylation sites is 1. The van der Waals surface area contributed by atoms with Gasteiger partial charge in [0, 0.05) is 0 Å². The largest absolute Gasteiger partial charge is 0.478 e. The highest BCUT2D eigenvalue weighted by Crippen LogP contribution is 2.20. The van der Waals surface area contributed by atoms with Crippen LogP contribution in [0.5, 0.6) is 0 Å². The lowest BCUT2D eigenvalue weighted by Gasteiger charge is -2.04. The second kappa shape index (κ2) is 4.84. The van der Waals surface area contributed by atoms with Crippen LogP contribution in [0.3, 0.4) is 0 Å². The number of aromatic nitrogens is 2. The van der Waals surface area contributed by atoms with Gasteiger partial charge in [0.25, 0.3) is 0 Å². The number of nitrogens with zero attached hydrogens (tertiary/aromatic N) is 2. The molecule has 0 saturated carbocycles. The smallest absolute Gasteiger partial charge is 0.337 e. The number of nitrogens with one attached hydrogen (secondary N) is 1. The first-order chi connectivity index (χ1) is 8.58. The monoisotopic (exact) mass is 248 g/mol. The van der Waals surface area contributed by atoms with Crippen molar-refractivity contribution in [3.8, 4) is 0 Å². The number of nitrogens with two attached hydrogens (primary N) is 1. The molecule has 2 aromatic rings. The second-order valence-electron chi connectivity index (χ2n) is 3.71. The number of anilines is 2. The van der Waals surface area contributed by atoms with Crippen molar-refractivity contribution >= 4 is 17.7 Å². The number of carboxylic acid groups (broad SMARTS) is 1. The van der Waals surface area contributed by atoms with Crippen LogP contribution in [0.25, 0.3) is 0 Å². The Morgan fingerprint density at radius 1 is 1.44 bits per heavy atom. The molecular weight excluding hydrogens is 236 g/mol. The van der Waals surface area contributed by atoms with Gasteiger partial charge in [-0.1, -0.05) is 17.2 Å². The Hall–Kier alpha value is -2.41. The van der Waals surface area contributed by atoms with Gasteiger partial charge in [0.1, 0.15) is 0 Å². The number of aromatic carboxylic acids is 1. The van der Waals surface area contributed by atoms with Crippen molar-refractivity contribution in [1.29, 1.82) is 0 Å². The van der Waals surface area contributed by atoms with E-state index in [4.69, 9.17) is 15.3 Å². The molecule has 2 rings (SSSR count). The summed E-state index contributed by atoms with van der Waals surface area (Å²) in [5, 5.41) is 19.2. The van der Waals surface area contributed by atoms with Crippen LogP contribution in [0.15, 0.2) is 28.7 Å². The molecule has 94 valence electrons. The highest BCUT2D eigenvalue weighted by molar-refractivity contribution is 5.94. The van der Waals surface area contributed by atoms with Gasteiger partial charge in [-0.05, 0) is 19.1 Å². The summed E-state index contributed by atoms with van der Waals surface area (Å²) in [4.78, 5) is 11.0. The Kier molecular flexibility index (Phi) is 3.24. The van der Waals surface area contributed by atoms with E-state index < -0.39 is 5.97 Å². The van der Waals surface area contributed by atoms with Crippen molar-refractivity contribution in [2.24, 2.45) is 5.73 Å². The lowest BCUT2D eigenvalue weighted by molar-refractivity contribution is 0.0698. The average molecular weight is 248 g/mol. The van der Waals surface area contributed by atoms with E-state index in [1.807, 2.05) is 0 Å². The van der Waals surface area contributed by atoms with Crippen LogP contribution in [0.4, 0.5) is 11.7 Å². The van der Waals surface area contributed by atoms with Crippen LogP contribution < -0.4 is 11.1 Å². The van der Waals surface area contributed by atoms with E-state index in [0.29, 0.717) is 5.69 Å². The van der Waals surface area contributed by atoms with Crippen LogP contribution in [0, 0.1) is 0 Å². The summed E-state index contributed by atoms with van der Waals surface area (Å²) in [6, 6.07) is 6.17. The average Bonchev–Trinajstić information content (AvgIpc) is 2.78. The molecule has 0 amide bonds. The van der Waals surface area contributed by atoms with Crippen molar-refractivity contribution < 1.29 is 14.3 Å². The third-order valence-corrected chi connectivity index (χ3v) is 2.23. The van der Waals surface area contributed by atoms with Gasteiger partial charge in [-0.3, -0.25) is 0 Å². The summed E-state index contributed by atoms with van der Waals surface area (Å²) in [6.45, 7) is 1.71. The predicted molar refractivity (Wildman–Crippen MR) is 63.6 cm³/mol. The molecule has 0 aliphatic heterocycles. The zero-order valence-corrected chi connectivity index (χ0v) is 9.62. The van der Waals surface area contributed by atoms with Crippen LogP contribution in [0.1, 0.15) is 29.2 Å². The highest BCUT2D eigenvalue weighted by Gasteiger charge is 2.13. The highest BCUT2D eigenvalue weighted by atomic mass is 16.4. The molecule has 7 heteroatoms. The molecular formula is C11H12N4O3. The van der Waals surface area contributed by atoms with Crippen LogP contribution in [-0.4, -0.2) is 21.3 Å². The quantitative estimate of drug-likeness (QED) is 0.751. The van der Waals surface area contributed by atoms with E-state index in [1.165, 1.54) is 6.07 Å². The standard InChI is InChI=1S/C11H12N4O3/c1-6(12)9-14-15-11(18-9)13-8-5-3-2-4-7(8)10(16)17/h2-6H,12H2,1H3,(H,13,15)(H,16,17). The molecule has 0 bridgehead atoms. The summed E-state index contributed by atoms with van der Waals surface area (Å²) in [7, 11) is 0. The number of hydrogen-bond acceptors (Lipinski definition) is 6. The van der Waals surface area contributed by atoms with Crippen molar-refractivity contribution in [3.63, 3.8) is 0 Å². The van der Waals surface area contributed by atoms with E-state index in [0.717, 1.165) is 0 Å². The van der Waals surface area contributed by atoms with Crippen LogP contribution in [0.2, 0.25) is 0 Å². The van der Waals surface area contributed by atoms with Crippen LogP contribution in [-0.2, 0) is 0 Å². The zero-order chi connectivity index (χ0) is 13.1. The molecule has 0 saturated heterocycles. The maximum absolute atomic E-state index is 11.0.